The third-order valence-electron chi connectivity index (χ3n) is 2.35. The number of amides is 3. The molecule has 1 heterocycles. The fraction of sp³-hybridized carbons (Fsp3) is 0.778. The second kappa shape index (κ2) is 5.09. The number of hydrogen-bond acceptors (Lipinski definition) is 4. The lowest BCUT2D eigenvalue weighted by Crippen LogP contribution is -2.44. The third kappa shape index (κ3) is 4.26. The molecule has 0 aliphatic carbocycles. The van der Waals surface area contributed by atoms with E-state index in [0.29, 0.717) is 6.54 Å². The molecule has 1 aliphatic rings. The van der Waals surface area contributed by atoms with Crippen LogP contribution in [-0.4, -0.2) is 37.2 Å². The van der Waals surface area contributed by atoms with Gasteiger partial charge in [-0.1, -0.05) is 0 Å². The van der Waals surface area contributed by atoms with Crippen molar-refractivity contribution in [2.75, 3.05) is 19.7 Å². The molecule has 0 bridgehead atoms. The van der Waals surface area contributed by atoms with Crippen LogP contribution in [0.4, 0.5) is 4.79 Å². The number of urea groups is 1. The quantitative estimate of drug-likeness (QED) is 0.580. The molecule has 1 saturated heterocycles. The summed E-state index contributed by atoms with van der Waals surface area (Å²) in [6.45, 7) is 3.44. The SMILES string of the molecule is CC1(CNCC(=O)NC(N)=O)CCCO1. The topological polar surface area (TPSA) is 93.5 Å². The van der Waals surface area contributed by atoms with E-state index in [1.807, 2.05) is 12.2 Å². The van der Waals surface area contributed by atoms with Crippen molar-refractivity contribution in [2.45, 2.75) is 25.4 Å². The molecular weight excluding hydrogens is 198 g/mol. The van der Waals surface area contributed by atoms with Crippen LogP contribution in [-0.2, 0) is 9.53 Å². The Morgan fingerprint density at radius 2 is 2.27 bits per heavy atom. The van der Waals surface area contributed by atoms with Crippen LogP contribution in [0.15, 0.2) is 0 Å². The van der Waals surface area contributed by atoms with Crippen molar-refractivity contribution >= 4 is 11.9 Å². The molecule has 1 rings (SSSR count). The van der Waals surface area contributed by atoms with Crippen molar-refractivity contribution < 1.29 is 14.3 Å². The van der Waals surface area contributed by atoms with E-state index in [2.05, 4.69) is 5.32 Å². The van der Waals surface area contributed by atoms with Gasteiger partial charge in [-0.05, 0) is 19.8 Å². The number of ether oxygens (including phenoxy) is 1. The molecule has 1 unspecified atom stereocenters. The smallest absolute Gasteiger partial charge is 0.318 e. The molecule has 4 N–H and O–H groups in total. The lowest BCUT2D eigenvalue weighted by atomic mass is 10.0. The summed E-state index contributed by atoms with van der Waals surface area (Å²) in [5.41, 5.74) is 4.60. The van der Waals surface area contributed by atoms with Gasteiger partial charge in [0.1, 0.15) is 0 Å². The lowest BCUT2D eigenvalue weighted by molar-refractivity contribution is -0.119. The standard InChI is InChI=1S/C9H17N3O3/c1-9(3-2-4-15-9)6-11-5-7(13)12-8(10)14/h11H,2-6H2,1H3,(H3,10,12,13,14). The monoisotopic (exact) mass is 215 g/mol. The second-order valence-electron chi connectivity index (χ2n) is 3.92. The molecule has 0 aromatic rings. The van der Waals surface area contributed by atoms with Crippen molar-refractivity contribution in [1.29, 1.82) is 0 Å². The highest BCUT2D eigenvalue weighted by Crippen LogP contribution is 2.23. The Morgan fingerprint density at radius 1 is 1.53 bits per heavy atom. The average Bonchev–Trinajstić information content (AvgIpc) is 2.51. The van der Waals surface area contributed by atoms with Crippen molar-refractivity contribution in [3.05, 3.63) is 0 Å². The molecule has 6 heteroatoms. The molecule has 0 spiro atoms. The summed E-state index contributed by atoms with van der Waals surface area (Å²) in [5, 5.41) is 4.91. The summed E-state index contributed by atoms with van der Waals surface area (Å²) >= 11 is 0. The minimum atomic E-state index is -0.829. The van der Waals surface area contributed by atoms with Crippen LogP contribution >= 0.6 is 0 Å². The van der Waals surface area contributed by atoms with Crippen molar-refractivity contribution in [3.8, 4) is 0 Å². The zero-order valence-corrected chi connectivity index (χ0v) is 8.84. The van der Waals surface area contributed by atoms with Gasteiger partial charge in [-0.15, -0.1) is 0 Å². The van der Waals surface area contributed by atoms with Crippen molar-refractivity contribution in [2.24, 2.45) is 5.73 Å². The van der Waals surface area contributed by atoms with Crippen LogP contribution in [0.25, 0.3) is 0 Å². The van der Waals surface area contributed by atoms with Crippen molar-refractivity contribution in [1.82, 2.24) is 10.6 Å². The largest absolute Gasteiger partial charge is 0.374 e. The molecule has 1 fully saturated rings. The molecule has 0 radical (unpaired) electrons. The number of carbonyl (C=O) groups is 2. The Morgan fingerprint density at radius 3 is 2.80 bits per heavy atom. The zero-order valence-electron chi connectivity index (χ0n) is 8.84. The van der Waals surface area contributed by atoms with E-state index >= 15 is 0 Å². The first kappa shape index (κ1) is 11.9. The van der Waals surface area contributed by atoms with Gasteiger partial charge in [0, 0.05) is 13.2 Å². The predicted octanol–water partition coefficient (Wildman–Crippen LogP) is -0.660. The maximum atomic E-state index is 11.0. The van der Waals surface area contributed by atoms with Gasteiger partial charge >= 0.3 is 6.03 Å². The highest BCUT2D eigenvalue weighted by molar-refractivity contribution is 5.94. The number of primary amides is 1. The number of imide groups is 1. The van der Waals surface area contributed by atoms with Crippen molar-refractivity contribution in [3.63, 3.8) is 0 Å². The Hall–Kier alpha value is -1.14. The predicted molar refractivity (Wildman–Crippen MR) is 54.2 cm³/mol. The summed E-state index contributed by atoms with van der Waals surface area (Å²) in [5.74, 6) is -0.427. The summed E-state index contributed by atoms with van der Waals surface area (Å²) in [4.78, 5) is 21.3. The minimum absolute atomic E-state index is 0.0713. The molecule has 0 aromatic heterocycles. The fourth-order valence-electron chi connectivity index (χ4n) is 1.60. The van der Waals surface area contributed by atoms with Crippen LogP contribution in [0.1, 0.15) is 19.8 Å². The normalized spacial score (nSPS) is 25.1. The third-order valence-corrected chi connectivity index (χ3v) is 2.35. The average molecular weight is 215 g/mol. The Balaban J connectivity index is 2.15. The van der Waals surface area contributed by atoms with Gasteiger partial charge in [-0.25, -0.2) is 4.79 Å². The van der Waals surface area contributed by atoms with Gasteiger partial charge in [-0.2, -0.15) is 0 Å². The Kier molecular flexibility index (Phi) is 4.05. The molecule has 6 nitrogen and oxygen atoms in total. The maximum Gasteiger partial charge on any atom is 0.318 e. The van der Waals surface area contributed by atoms with E-state index in [9.17, 15) is 9.59 Å². The van der Waals surface area contributed by atoms with Crippen LogP contribution in [0.3, 0.4) is 0 Å². The molecule has 0 aromatic carbocycles. The van der Waals surface area contributed by atoms with E-state index in [0.717, 1.165) is 19.4 Å². The van der Waals surface area contributed by atoms with E-state index in [4.69, 9.17) is 10.5 Å². The van der Waals surface area contributed by atoms with E-state index < -0.39 is 11.9 Å². The number of nitrogens with two attached hydrogens (primary N) is 1. The van der Waals surface area contributed by atoms with Gasteiger partial charge in [0.15, 0.2) is 0 Å². The van der Waals surface area contributed by atoms with Gasteiger partial charge in [0.05, 0.1) is 12.1 Å². The van der Waals surface area contributed by atoms with Gasteiger partial charge in [0.25, 0.3) is 0 Å². The molecule has 1 atom stereocenters. The molecule has 1 aliphatic heterocycles. The second-order valence-corrected chi connectivity index (χ2v) is 3.92. The summed E-state index contributed by atoms with van der Waals surface area (Å²) < 4.78 is 5.52. The molecule has 86 valence electrons. The van der Waals surface area contributed by atoms with Gasteiger partial charge < -0.3 is 15.8 Å². The van der Waals surface area contributed by atoms with Crippen LogP contribution in [0.2, 0.25) is 0 Å². The number of hydrogen-bond donors (Lipinski definition) is 3. The number of nitrogens with one attached hydrogen (secondary N) is 2. The summed E-state index contributed by atoms with van der Waals surface area (Å²) in [7, 11) is 0. The van der Waals surface area contributed by atoms with Crippen LogP contribution < -0.4 is 16.4 Å². The zero-order chi connectivity index (χ0) is 11.3. The number of carbonyl (C=O) groups excluding carboxylic acids is 2. The van der Waals surface area contributed by atoms with Gasteiger partial charge in [0.2, 0.25) is 5.91 Å². The number of rotatable bonds is 4. The minimum Gasteiger partial charge on any atom is -0.374 e. The summed E-state index contributed by atoms with van der Waals surface area (Å²) in [6, 6.07) is -0.829. The van der Waals surface area contributed by atoms with E-state index in [1.54, 1.807) is 0 Å². The van der Waals surface area contributed by atoms with E-state index in [-0.39, 0.29) is 12.1 Å². The van der Waals surface area contributed by atoms with Crippen LogP contribution in [0, 0.1) is 0 Å². The Bertz CT molecular complexity index is 249. The molecule has 3 amide bonds. The van der Waals surface area contributed by atoms with E-state index in [1.165, 1.54) is 0 Å². The first-order valence-electron chi connectivity index (χ1n) is 4.96. The maximum absolute atomic E-state index is 11.0. The molecule has 15 heavy (non-hydrogen) atoms. The molecular formula is C9H17N3O3. The highest BCUT2D eigenvalue weighted by Gasteiger charge is 2.29. The van der Waals surface area contributed by atoms with Gasteiger partial charge in [-0.3, -0.25) is 10.1 Å². The first-order valence-corrected chi connectivity index (χ1v) is 4.96. The first-order chi connectivity index (χ1) is 7.02. The van der Waals surface area contributed by atoms with Crippen LogP contribution in [0.5, 0.6) is 0 Å². The highest BCUT2D eigenvalue weighted by atomic mass is 16.5. The molecule has 0 saturated carbocycles. The lowest BCUT2D eigenvalue weighted by Gasteiger charge is -2.23. The fourth-order valence-corrected chi connectivity index (χ4v) is 1.60. The summed E-state index contributed by atoms with van der Waals surface area (Å²) in [6.07, 6.45) is 2.03. The Labute approximate surface area is 88.5 Å².